The van der Waals surface area contributed by atoms with Crippen molar-refractivity contribution in [3.63, 3.8) is 0 Å². The number of ether oxygens (including phenoxy) is 1. The molecule has 178 valence electrons. The molecule has 32 heavy (non-hydrogen) atoms. The number of carboxylic acid groups (broad SMARTS) is 1. The summed E-state index contributed by atoms with van der Waals surface area (Å²) < 4.78 is 6.32. The lowest BCUT2D eigenvalue weighted by atomic mass is 9.83. The van der Waals surface area contributed by atoms with E-state index in [9.17, 15) is 9.90 Å². The molecule has 1 N–H and O–H groups in total. The minimum absolute atomic E-state index is 0.252. The molecular formula is C26H41N3O3. The minimum atomic E-state index is -0.605. The van der Waals surface area contributed by atoms with Crippen LogP contribution in [0.4, 0.5) is 0 Å². The number of likely N-dealkylation sites (tertiary alicyclic amines) is 2. The van der Waals surface area contributed by atoms with E-state index >= 15 is 0 Å². The van der Waals surface area contributed by atoms with Gasteiger partial charge in [0, 0.05) is 32.4 Å². The summed E-state index contributed by atoms with van der Waals surface area (Å²) in [5.41, 5.74) is 0. The lowest BCUT2D eigenvalue weighted by Crippen LogP contribution is -2.46. The number of rotatable bonds is 7. The van der Waals surface area contributed by atoms with Gasteiger partial charge in [0.05, 0.1) is 5.92 Å². The highest BCUT2D eigenvalue weighted by Crippen LogP contribution is 2.32. The molecule has 0 aromatic heterocycles. The van der Waals surface area contributed by atoms with Gasteiger partial charge in [-0.2, -0.15) is 0 Å². The minimum Gasteiger partial charge on any atom is -0.480 e. The number of hydrogen-bond donors (Lipinski definition) is 1. The summed E-state index contributed by atoms with van der Waals surface area (Å²) >= 11 is 0. The van der Waals surface area contributed by atoms with E-state index < -0.39 is 5.97 Å². The summed E-state index contributed by atoms with van der Waals surface area (Å²) in [4.78, 5) is 21.5. The van der Waals surface area contributed by atoms with Crippen molar-refractivity contribution in [3.8, 4) is 0 Å². The van der Waals surface area contributed by atoms with Gasteiger partial charge < -0.3 is 14.7 Å². The first kappa shape index (κ1) is 23.5. The highest BCUT2D eigenvalue weighted by atomic mass is 16.5. The second-order valence-electron chi connectivity index (χ2n) is 10.2. The van der Waals surface area contributed by atoms with E-state index in [2.05, 4.69) is 33.9 Å². The van der Waals surface area contributed by atoms with Crippen LogP contribution in [0.25, 0.3) is 0 Å². The Morgan fingerprint density at radius 3 is 2.62 bits per heavy atom. The predicted octanol–water partition coefficient (Wildman–Crippen LogP) is 4.33. The summed E-state index contributed by atoms with van der Waals surface area (Å²) in [5, 5.41) is 9.93. The highest BCUT2D eigenvalue weighted by molar-refractivity contribution is 5.81. The molecule has 4 rings (SSSR count). The largest absolute Gasteiger partial charge is 0.480 e. The van der Waals surface area contributed by atoms with Crippen LogP contribution in [0.5, 0.6) is 0 Å². The molecule has 1 aliphatic carbocycles. The molecule has 3 atom stereocenters. The number of hydrogen-bond acceptors (Lipinski definition) is 5. The van der Waals surface area contributed by atoms with Crippen LogP contribution < -0.4 is 0 Å². The number of aliphatic imine (C=N–C) groups is 1. The molecular weight excluding hydrogens is 402 g/mol. The van der Waals surface area contributed by atoms with Crippen LogP contribution >= 0.6 is 0 Å². The zero-order valence-electron chi connectivity index (χ0n) is 19.7. The van der Waals surface area contributed by atoms with Crippen LogP contribution in [0, 0.1) is 17.8 Å². The summed E-state index contributed by atoms with van der Waals surface area (Å²) in [6.45, 7) is 7.26. The van der Waals surface area contributed by atoms with Crippen molar-refractivity contribution in [2.45, 2.75) is 76.9 Å². The molecule has 1 saturated carbocycles. The van der Waals surface area contributed by atoms with Gasteiger partial charge in [-0.3, -0.25) is 9.69 Å². The van der Waals surface area contributed by atoms with E-state index in [1.54, 1.807) is 0 Å². The smallest absolute Gasteiger partial charge is 0.321 e. The third-order valence-corrected chi connectivity index (χ3v) is 7.90. The number of carbonyl (C=O) groups is 1. The van der Waals surface area contributed by atoms with Crippen LogP contribution in [0.15, 0.2) is 29.4 Å². The fraction of sp³-hybridized carbons (Fsp3) is 0.769. The molecule has 3 aliphatic heterocycles. The van der Waals surface area contributed by atoms with Gasteiger partial charge in [-0.05, 0) is 63.0 Å². The van der Waals surface area contributed by atoms with E-state index in [-0.39, 0.29) is 18.1 Å². The molecule has 3 fully saturated rings. The molecule has 0 amide bonds. The Bertz CT molecular complexity index is 705. The Hall–Kier alpha value is -1.66. The molecule has 0 spiro atoms. The zero-order valence-corrected chi connectivity index (χ0v) is 19.7. The quantitative estimate of drug-likeness (QED) is 0.634. The van der Waals surface area contributed by atoms with Gasteiger partial charge in [-0.15, -0.1) is 0 Å². The highest BCUT2D eigenvalue weighted by Gasteiger charge is 2.38. The maximum atomic E-state index is 12.1. The van der Waals surface area contributed by atoms with Crippen molar-refractivity contribution in [2.24, 2.45) is 22.7 Å². The summed E-state index contributed by atoms with van der Waals surface area (Å²) in [6, 6.07) is -0.269. The second kappa shape index (κ2) is 11.5. The SMILES string of the molecule is CCC1C=CC=CN=C1OC1CCN(CC2CCN([C@@H](C(=O)O)C3CCCCC3)C2)CC1. The number of piperidine rings is 1. The Labute approximate surface area is 193 Å². The summed E-state index contributed by atoms with van der Waals surface area (Å²) in [7, 11) is 0. The Balaban J connectivity index is 1.22. The standard InChI is InChI=1S/C26H41N3O3/c1-2-21-8-6-7-14-27-25(21)32-23-12-15-28(16-13-23)18-20-11-17-29(19-20)24(26(30)31)22-9-4-3-5-10-22/h6-8,14,20-24H,2-5,9-13,15-19H2,1H3,(H,30,31)/t20?,21?,24-/m1/s1. The molecule has 0 radical (unpaired) electrons. The van der Waals surface area contributed by atoms with E-state index in [0.717, 1.165) is 77.1 Å². The fourth-order valence-corrected chi connectivity index (χ4v) is 6.09. The van der Waals surface area contributed by atoms with Crippen LogP contribution in [-0.4, -0.2) is 71.6 Å². The van der Waals surface area contributed by atoms with Crippen molar-refractivity contribution >= 4 is 11.9 Å². The van der Waals surface area contributed by atoms with Gasteiger partial charge in [-0.25, -0.2) is 4.99 Å². The average Bonchev–Trinajstić information content (AvgIpc) is 3.12. The monoisotopic (exact) mass is 443 g/mol. The average molecular weight is 444 g/mol. The van der Waals surface area contributed by atoms with Gasteiger partial charge in [0.15, 0.2) is 5.90 Å². The van der Waals surface area contributed by atoms with Gasteiger partial charge in [0.1, 0.15) is 12.1 Å². The van der Waals surface area contributed by atoms with Crippen molar-refractivity contribution in [1.82, 2.24) is 9.80 Å². The topological polar surface area (TPSA) is 65.4 Å². The van der Waals surface area contributed by atoms with E-state index in [1.165, 1.54) is 19.3 Å². The van der Waals surface area contributed by atoms with Crippen molar-refractivity contribution in [3.05, 3.63) is 24.4 Å². The number of carboxylic acids is 1. The molecule has 0 bridgehead atoms. The van der Waals surface area contributed by atoms with E-state index in [0.29, 0.717) is 11.8 Å². The normalized spacial score (nSPS) is 29.6. The predicted molar refractivity (Wildman–Crippen MR) is 128 cm³/mol. The first-order valence-corrected chi connectivity index (χ1v) is 12.9. The number of aliphatic carboxylic acids is 1. The number of nitrogens with zero attached hydrogens (tertiary/aromatic N) is 3. The van der Waals surface area contributed by atoms with Crippen molar-refractivity contribution in [1.29, 1.82) is 0 Å². The third kappa shape index (κ3) is 6.02. The zero-order chi connectivity index (χ0) is 22.3. The fourth-order valence-electron chi connectivity index (χ4n) is 6.09. The summed E-state index contributed by atoms with van der Waals surface area (Å²) in [5.74, 6) is 1.47. The van der Waals surface area contributed by atoms with Gasteiger partial charge in [0.25, 0.3) is 0 Å². The molecule has 6 nitrogen and oxygen atoms in total. The lowest BCUT2D eigenvalue weighted by molar-refractivity contribution is -0.145. The molecule has 2 saturated heterocycles. The van der Waals surface area contributed by atoms with E-state index in [1.807, 2.05) is 12.3 Å². The van der Waals surface area contributed by atoms with Crippen LogP contribution in [-0.2, 0) is 9.53 Å². The van der Waals surface area contributed by atoms with Crippen LogP contribution in [0.3, 0.4) is 0 Å². The Kier molecular flexibility index (Phi) is 8.42. The van der Waals surface area contributed by atoms with Crippen LogP contribution in [0.1, 0.15) is 64.7 Å². The first-order chi connectivity index (χ1) is 15.6. The molecule has 3 heterocycles. The molecule has 2 unspecified atom stereocenters. The lowest BCUT2D eigenvalue weighted by Gasteiger charge is -2.35. The summed E-state index contributed by atoms with van der Waals surface area (Å²) in [6.07, 6.45) is 18.3. The first-order valence-electron chi connectivity index (χ1n) is 12.9. The van der Waals surface area contributed by atoms with Crippen LogP contribution in [0.2, 0.25) is 0 Å². The Morgan fingerprint density at radius 2 is 1.91 bits per heavy atom. The molecule has 6 heteroatoms. The van der Waals surface area contributed by atoms with Gasteiger partial charge in [0.2, 0.25) is 0 Å². The maximum Gasteiger partial charge on any atom is 0.321 e. The number of allylic oxidation sites excluding steroid dienone is 2. The molecule has 4 aliphatic rings. The third-order valence-electron chi connectivity index (χ3n) is 7.90. The van der Waals surface area contributed by atoms with Crippen molar-refractivity contribution < 1.29 is 14.6 Å². The second-order valence-corrected chi connectivity index (χ2v) is 10.2. The molecule has 0 aromatic carbocycles. The van der Waals surface area contributed by atoms with Gasteiger partial charge >= 0.3 is 5.97 Å². The van der Waals surface area contributed by atoms with Crippen molar-refractivity contribution in [2.75, 3.05) is 32.7 Å². The molecule has 0 aromatic rings. The maximum absolute atomic E-state index is 12.1. The Morgan fingerprint density at radius 1 is 1.12 bits per heavy atom. The van der Waals surface area contributed by atoms with E-state index in [4.69, 9.17) is 4.74 Å². The van der Waals surface area contributed by atoms with Gasteiger partial charge in [-0.1, -0.05) is 38.3 Å².